The van der Waals surface area contributed by atoms with Crippen LogP contribution in [0, 0.1) is 0 Å². The molecule has 1 saturated heterocycles. The Hall–Kier alpha value is -1.44. The summed E-state index contributed by atoms with van der Waals surface area (Å²) in [5, 5.41) is 2.87. The molecule has 1 aromatic carbocycles. The van der Waals surface area contributed by atoms with E-state index in [1.165, 1.54) is 17.1 Å². The molecule has 1 heterocycles. The molecule has 1 N–H and O–H groups in total. The molecule has 1 aromatic rings. The summed E-state index contributed by atoms with van der Waals surface area (Å²) in [5.74, 6) is -0.0492. The molecule has 6 nitrogen and oxygen atoms in total. The third kappa shape index (κ3) is 5.30. The summed E-state index contributed by atoms with van der Waals surface area (Å²) in [7, 11) is -1.81. The summed E-state index contributed by atoms with van der Waals surface area (Å²) in [6, 6.07) is 6.62. The van der Waals surface area contributed by atoms with E-state index >= 15 is 0 Å². The Labute approximate surface area is 163 Å². The number of likely N-dealkylation sites (tertiary alicyclic amines) is 1. The number of hydrogen-bond donors (Lipinski definition) is 1. The highest BCUT2D eigenvalue weighted by Gasteiger charge is 2.29. The molecule has 0 bridgehead atoms. The lowest BCUT2D eigenvalue weighted by atomic mass is 9.96. The van der Waals surface area contributed by atoms with Crippen LogP contribution in [0.4, 0.5) is 5.69 Å². The van der Waals surface area contributed by atoms with Gasteiger partial charge in [0, 0.05) is 18.8 Å². The van der Waals surface area contributed by atoms with Gasteiger partial charge in [0.2, 0.25) is 15.9 Å². The maximum absolute atomic E-state index is 12.9. The van der Waals surface area contributed by atoms with E-state index in [2.05, 4.69) is 10.2 Å². The zero-order chi connectivity index (χ0) is 19.3. The topological polar surface area (TPSA) is 69.7 Å². The van der Waals surface area contributed by atoms with Gasteiger partial charge >= 0.3 is 0 Å². The highest BCUT2D eigenvalue weighted by molar-refractivity contribution is 7.89. The number of anilines is 1. The normalized spacial score (nSPS) is 19.9. The van der Waals surface area contributed by atoms with Crippen LogP contribution in [0.2, 0.25) is 0 Å². The van der Waals surface area contributed by atoms with Crippen LogP contribution in [0.1, 0.15) is 51.4 Å². The van der Waals surface area contributed by atoms with Gasteiger partial charge in [-0.05, 0) is 63.0 Å². The van der Waals surface area contributed by atoms with Gasteiger partial charge in [0.25, 0.3) is 0 Å². The first-order valence-electron chi connectivity index (χ1n) is 10.1. The Bertz CT molecular complexity index is 721. The minimum Gasteiger partial charge on any atom is -0.325 e. The second-order valence-electron chi connectivity index (χ2n) is 7.72. The molecule has 2 fully saturated rings. The molecule has 1 aliphatic heterocycles. The average molecular weight is 394 g/mol. The predicted octanol–water partition coefficient (Wildman–Crippen LogP) is 3.06. The lowest BCUT2D eigenvalue weighted by molar-refractivity contribution is -0.117. The van der Waals surface area contributed by atoms with Gasteiger partial charge in [-0.3, -0.25) is 9.69 Å². The lowest BCUT2D eigenvalue weighted by Crippen LogP contribution is -2.38. The van der Waals surface area contributed by atoms with E-state index in [4.69, 9.17) is 0 Å². The molecule has 0 aromatic heterocycles. The van der Waals surface area contributed by atoms with Gasteiger partial charge in [0.05, 0.1) is 11.4 Å². The Morgan fingerprint density at radius 1 is 1.04 bits per heavy atom. The number of rotatable bonds is 6. The van der Waals surface area contributed by atoms with Crippen molar-refractivity contribution in [3.63, 3.8) is 0 Å². The van der Waals surface area contributed by atoms with Crippen LogP contribution in [0.25, 0.3) is 0 Å². The molecule has 0 spiro atoms. The van der Waals surface area contributed by atoms with Gasteiger partial charge in [-0.2, -0.15) is 4.31 Å². The highest BCUT2D eigenvalue weighted by atomic mass is 32.2. The van der Waals surface area contributed by atoms with Gasteiger partial charge in [0.1, 0.15) is 0 Å². The Morgan fingerprint density at radius 2 is 1.63 bits per heavy atom. The van der Waals surface area contributed by atoms with Crippen molar-refractivity contribution >= 4 is 21.6 Å². The van der Waals surface area contributed by atoms with Gasteiger partial charge in [0.15, 0.2) is 0 Å². The summed E-state index contributed by atoms with van der Waals surface area (Å²) in [6.45, 7) is 2.33. The average Bonchev–Trinajstić information content (AvgIpc) is 2.69. The standard InChI is InChI=1S/C20H31N3O3S/c1-22(18-8-4-2-5-9-18)27(25,26)19-12-10-17(11-13-19)21-20(24)16-23-14-6-3-7-15-23/h10-13,18H,2-9,14-16H2,1H3,(H,21,24). The lowest BCUT2D eigenvalue weighted by Gasteiger charge is -2.30. The SMILES string of the molecule is CN(C1CCCCC1)S(=O)(=O)c1ccc(NC(=O)CN2CCCCC2)cc1. The highest BCUT2D eigenvalue weighted by Crippen LogP contribution is 2.27. The summed E-state index contributed by atoms with van der Waals surface area (Å²) < 4.78 is 27.2. The molecule has 0 atom stereocenters. The van der Waals surface area contributed by atoms with Gasteiger partial charge in [-0.15, -0.1) is 0 Å². The zero-order valence-corrected chi connectivity index (χ0v) is 17.0. The van der Waals surface area contributed by atoms with Crippen LogP contribution in [0.3, 0.4) is 0 Å². The van der Waals surface area contributed by atoms with Crippen molar-refractivity contribution < 1.29 is 13.2 Å². The quantitative estimate of drug-likeness (QED) is 0.806. The minimum atomic E-state index is -3.49. The molecule has 7 heteroatoms. The summed E-state index contributed by atoms with van der Waals surface area (Å²) in [4.78, 5) is 14.6. The van der Waals surface area contributed by atoms with Crippen LogP contribution >= 0.6 is 0 Å². The Kier molecular flexibility index (Phi) is 6.89. The number of sulfonamides is 1. The van der Waals surface area contributed by atoms with E-state index in [0.717, 1.165) is 51.6 Å². The van der Waals surface area contributed by atoms with Gasteiger partial charge < -0.3 is 5.32 Å². The predicted molar refractivity (Wildman–Crippen MR) is 107 cm³/mol. The number of hydrogen-bond acceptors (Lipinski definition) is 4. The van der Waals surface area contributed by atoms with Crippen LogP contribution in [0.15, 0.2) is 29.2 Å². The molecule has 3 rings (SSSR count). The third-order valence-corrected chi connectivity index (χ3v) is 7.64. The summed E-state index contributed by atoms with van der Waals surface area (Å²) >= 11 is 0. The smallest absolute Gasteiger partial charge is 0.243 e. The number of piperidine rings is 1. The van der Waals surface area contributed by atoms with Crippen molar-refractivity contribution in [2.24, 2.45) is 0 Å². The molecule has 0 radical (unpaired) electrons. The van der Waals surface area contributed by atoms with Crippen molar-refractivity contribution in [2.45, 2.75) is 62.3 Å². The van der Waals surface area contributed by atoms with E-state index in [1.54, 1.807) is 31.3 Å². The number of nitrogens with zero attached hydrogens (tertiary/aromatic N) is 2. The monoisotopic (exact) mass is 393 g/mol. The molecular formula is C20H31N3O3S. The number of nitrogens with one attached hydrogen (secondary N) is 1. The number of carbonyl (C=O) groups is 1. The first-order valence-corrected chi connectivity index (χ1v) is 11.5. The molecule has 0 unspecified atom stereocenters. The second-order valence-corrected chi connectivity index (χ2v) is 9.72. The van der Waals surface area contributed by atoms with Crippen LogP contribution in [0.5, 0.6) is 0 Å². The van der Waals surface area contributed by atoms with Crippen molar-refractivity contribution in [3.8, 4) is 0 Å². The molecule has 27 heavy (non-hydrogen) atoms. The van der Waals surface area contributed by atoms with E-state index in [9.17, 15) is 13.2 Å². The fourth-order valence-electron chi connectivity index (χ4n) is 4.04. The molecule has 1 saturated carbocycles. The first kappa shape index (κ1) is 20.3. The molecule has 1 amide bonds. The second kappa shape index (κ2) is 9.17. The van der Waals surface area contributed by atoms with Crippen molar-refractivity contribution in [1.29, 1.82) is 0 Å². The van der Waals surface area contributed by atoms with Crippen molar-refractivity contribution in [3.05, 3.63) is 24.3 Å². The van der Waals surface area contributed by atoms with Crippen LogP contribution in [-0.4, -0.2) is 56.3 Å². The van der Waals surface area contributed by atoms with E-state index in [1.807, 2.05) is 0 Å². The Morgan fingerprint density at radius 3 is 2.26 bits per heavy atom. The van der Waals surface area contributed by atoms with Crippen molar-refractivity contribution in [2.75, 3.05) is 32.0 Å². The number of benzene rings is 1. The molecule has 150 valence electrons. The van der Waals surface area contributed by atoms with E-state index in [-0.39, 0.29) is 16.8 Å². The largest absolute Gasteiger partial charge is 0.325 e. The molecule has 1 aliphatic carbocycles. The zero-order valence-electron chi connectivity index (χ0n) is 16.2. The fraction of sp³-hybridized carbons (Fsp3) is 0.650. The fourth-order valence-corrected chi connectivity index (χ4v) is 5.45. The maximum atomic E-state index is 12.9. The summed E-state index contributed by atoms with van der Waals surface area (Å²) in [6.07, 6.45) is 8.77. The minimum absolute atomic E-state index is 0.0492. The number of carbonyl (C=O) groups excluding carboxylic acids is 1. The summed E-state index contributed by atoms with van der Waals surface area (Å²) in [5.41, 5.74) is 0.635. The Balaban J connectivity index is 1.59. The number of amides is 1. The molecule has 2 aliphatic rings. The first-order chi connectivity index (χ1) is 13.0. The van der Waals surface area contributed by atoms with E-state index < -0.39 is 10.0 Å². The molecular weight excluding hydrogens is 362 g/mol. The van der Waals surface area contributed by atoms with Crippen LogP contribution in [-0.2, 0) is 14.8 Å². The van der Waals surface area contributed by atoms with Gasteiger partial charge in [-0.25, -0.2) is 8.42 Å². The third-order valence-electron chi connectivity index (χ3n) is 5.72. The maximum Gasteiger partial charge on any atom is 0.243 e. The van der Waals surface area contributed by atoms with Crippen molar-refractivity contribution in [1.82, 2.24) is 9.21 Å². The van der Waals surface area contributed by atoms with Gasteiger partial charge in [-0.1, -0.05) is 25.7 Å². The van der Waals surface area contributed by atoms with E-state index in [0.29, 0.717) is 12.2 Å². The van der Waals surface area contributed by atoms with Crippen LogP contribution < -0.4 is 5.32 Å².